The Bertz CT molecular complexity index is 1470. The number of carboxylic acids is 1. The summed E-state index contributed by atoms with van der Waals surface area (Å²) in [6, 6.07) is 11.0. The van der Waals surface area contributed by atoms with Crippen LogP contribution < -0.4 is 21.7 Å². The van der Waals surface area contributed by atoms with Crippen molar-refractivity contribution in [2.24, 2.45) is 5.73 Å². The number of nitrogens with zero attached hydrogens (tertiary/aromatic N) is 2. The first-order valence-corrected chi connectivity index (χ1v) is 14.6. The molecule has 3 aromatic rings. The van der Waals surface area contributed by atoms with Crippen LogP contribution in [0.3, 0.4) is 0 Å². The number of carboxylic acid groups (broad SMARTS) is 1. The van der Waals surface area contributed by atoms with Crippen LogP contribution in [0.2, 0.25) is 0 Å². The van der Waals surface area contributed by atoms with Crippen LogP contribution in [-0.4, -0.2) is 91.9 Å². The molecule has 2 aromatic carbocycles. The molecule has 0 saturated carbocycles. The van der Waals surface area contributed by atoms with E-state index >= 15 is 0 Å². The topological polar surface area (TPSA) is 220 Å². The number of amides is 4. The van der Waals surface area contributed by atoms with E-state index in [0.717, 1.165) is 5.56 Å². The number of hydrogen-bond acceptors (Lipinski definition) is 8. The molecular weight excluding hydrogens is 582 g/mol. The van der Waals surface area contributed by atoms with Crippen molar-refractivity contribution >= 4 is 29.6 Å². The largest absolute Gasteiger partial charge is 0.508 e. The molecule has 1 fully saturated rings. The van der Waals surface area contributed by atoms with Crippen molar-refractivity contribution in [1.82, 2.24) is 30.8 Å². The molecule has 45 heavy (non-hydrogen) atoms. The normalized spacial score (nSPS) is 16.3. The van der Waals surface area contributed by atoms with E-state index in [0.29, 0.717) is 24.1 Å². The number of imidazole rings is 1. The third-order valence-electron chi connectivity index (χ3n) is 7.50. The summed E-state index contributed by atoms with van der Waals surface area (Å²) < 4.78 is 0. The van der Waals surface area contributed by atoms with Crippen molar-refractivity contribution in [2.75, 3.05) is 13.1 Å². The Hall–Kier alpha value is -5.24. The van der Waals surface area contributed by atoms with Crippen molar-refractivity contribution < 1.29 is 34.2 Å². The molecule has 4 amide bonds. The minimum Gasteiger partial charge on any atom is -0.508 e. The maximum atomic E-state index is 13.8. The van der Waals surface area contributed by atoms with E-state index in [1.54, 1.807) is 12.1 Å². The molecule has 14 heteroatoms. The van der Waals surface area contributed by atoms with Crippen molar-refractivity contribution in [1.29, 1.82) is 0 Å². The Morgan fingerprint density at radius 2 is 1.67 bits per heavy atom. The number of aromatic nitrogens is 2. The lowest BCUT2D eigenvalue weighted by atomic mass is 10.0. The number of phenols is 1. The smallest absolute Gasteiger partial charge is 0.326 e. The first-order chi connectivity index (χ1) is 21.6. The number of aliphatic carboxylic acids is 1. The molecule has 4 rings (SSSR count). The Balaban J connectivity index is 1.38. The standard InChI is InChI=1S/C31H37N7O7/c32-23(13-19-5-2-1-3-6-19)28(41)34-17-27(40)36-24(15-21-16-33-18-35-21)30(43)38-12-4-7-26(38)29(42)37-25(31(44)45)14-20-8-10-22(39)11-9-20/h1-3,5-6,8-11,16,18,23-26,39H,4,7,12-15,17,32H2,(H,33,35)(H,34,41)(H,36,40)(H,37,42)(H,44,45)/t23-,24-,25-,26-/m0/s1. The van der Waals surface area contributed by atoms with Crippen molar-refractivity contribution in [2.45, 2.75) is 56.3 Å². The van der Waals surface area contributed by atoms with E-state index in [9.17, 15) is 34.2 Å². The van der Waals surface area contributed by atoms with Crippen LogP contribution in [0.25, 0.3) is 0 Å². The van der Waals surface area contributed by atoms with Gasteiger partial charge in [0.2, 0.25) is 23.6 Å². The number of likely N-dealkylation sites (tertiary alicyclic amines) is 1. The number of nitrogens with one attached hydrogen (secondary N) is 4. The van der Waals surface area contributed by atoms with E-state index in [1.165, 1.54) is 29.6 Å². The minimum absolute atomic E-state index is 0.0265. The van der Waals surface area contributed by atoms with Gasteiger partial charge in [-0.25, -0.2) is 9.78 Å². The average Bonchev–Trinajstić information content (AvgIpc) is 3.73. The second kappa shape index (κ2) is 15.5. The minimum atomic E-state index is -1.27. The number of benzene rings is 2. The van der Waals surface area contributed by atoms with Crippen LogP contribution in [0.15, 0.2) is 67.1 Å². The van der Waals surface area contributed by atoms with E-state index < -0.39 is 60.3 Å². The van der Waals surface area contributed by atoms with Crippen LogP contribution >= 0.6 is 0 Å². The SMILES string of the molecule is N[C@@H](Cc1ccccc1)C(=O)NCC(=O)N[C@@H](Cc1cnc[nH]1)C(=O)N1CCC[C@H]1C(=O)N[C@@H](Cc1ccc(O)cc1)C(=O)O. The molecule has 2 heterocycles. The summed E-state index contributed by atoms with van der Waals surface area (Å²) in [5.74, 6) is -3.54. The van der Waals surface area contributed by atoms with Gasteiger partial charge >= 0.3 is 5.97 Å². The Labute approximate surface area is 259 Å². The van der Waals surface area contributed by atoms with E-state index in [-0.39, 0.29) is 31.6 Å². The van der Waals surface area contributed by atoms with Crippen molar-refractivity contribution in [3.8, 4) is 5.75 Å². The van der Waals surface area contributed by atoms with Gasteiger partial charge in [0.05, 0.1) is 18.9 Å². The predicted molar refractivity (Wildman–Crippen MR) is 161 cm³/mol. The molecule has 0 radical (unpaired) electrons. The highest BCUT2D eigenvalue weighted by Gasteiger charge is 2.39. The zero-order valence-electron chi connectivity index (χ0n) is 24.5. The molecule has 14 nitrogen and oxygen atoms in total. The highest BCUT2D eigenvalue weighted by molar-refractivity contribution is 5.95. The van der Waals surface area contributed by atoms with Crippen molar-refractivity contribution in [3.63, 3.8) is 0 Å². The maximum absolute atomic E-state index is 13.8. The Morgan fingerprint density at radius 1 is 0.956 bits per heavy atom. The summed E-state index contributed by atoms with van der Waals surface area (Å²) in [4.78, 5) is 72.6. The number of rotatable bonds is 14. The number of aromatic amines is 1. The van der Waals surface area contributed by atoms with Crippen LogP contribution in [0.5, 0.6) is 5.75 Å². The highest BCUT2D eigenvalue weighted by atomic mass is 16.4. The van der Waals surface area contributed by atoms with Gasteiger partial charge in [0, 0.05) is 31.3 Å². The van der Waals surface area contributed by atoms with Crippen LogP contribution in [0, 0.1) is 0 Å². The quantitative estimate of drug-likeness (QED) is 0.125. The number of carbonyl (C=O) groups excluding carboxylic acids is 4. The van der Waals surface area contributed by atoms with Gasteiger partial charge < -0.3 is 41.8 Å². The molecule has 238 valence electrons. The maximum Gasteiger partial charge on any atom is 0.326 e. The Kier molecular flexibility index (Phi) is 11.2. The molecule has 0 spiro atoms. The van der Waals surface area contributed by atoms with E-state index in [2.05, 4.69) is 25.9 Å². The lowest BCUT2D eigenvalue weighted by Crippen LogP contribution is -2.57. The second-order valence-electron chi connectivity index (χ2n) is 10.9. The lowest BCUT2D eigenvalue weighted by molar-refractivity contribution is -0.144. The number of hydrogen-bond donors (Lipinski definition) is 7. The molecule has 4 atom stereocenters. The third kappa shape index (κ3) is 9.37. The molecule has 0 aliphatic carbocycles. The number of nitrogens with two attached hydrogens (primary N) is 1. The van der Waals surface area contributed by atoms with Gasteiger partial charge in [-0.1, -0.05) is 42.5 Å². The summed E-state index contributed by atoms with van der Waals surface area (Å²) >= 11 is 0. The van der Waals surface area contributed by atoms with Gasteiger partial charge in [0.1, 0.15) is 23.9 Å². The zero-order valence-corrected chi connectivity index (χ0v) is 24.5. The van der Waals surface area contributed by atoms with E-state index in [1.807, 2.05) is 30.3 Å². The summed E-state index contributed by atoms with van der Waals surface area (Å²) in [5, 5.41) is 26.9. The van der Waals surface area contributed by atoms with Gasteiger partial charge in [-0.15, -0.1) is 0 Å². The molecule has 1 aliphatic heterocycles. The van der Waals surface area contributed by atoms with E-state index in [4.69, 9.17) is 5.73 Å². The number of phenolic OH excluding ortho intramolecular Hbond substituents is 1. The molecule has 1 aromatic heterocycles. The summed E-state index contributed by atoms with van der Waals surface area (Å²) in [6.07, 6.45) is 4.04. The second-order valence-corrected chi connectivity index (χ2v) is 10.9. The van der Waals surface area contributed by atoms with Crippen LogP contribution in [0.4, 0.5) is 0 Å². The molecule has 0 unspecified atom stereocenters. The van der Waals surface area contributed by atoms with Gasteiger partial charge in [-0.2, -0.15) is 0 Å². The van der Waals surface area contributed by atoms with Gasteiger partial charge in [-0.05, 0) is 42.5 Å². The Morgan fingerprint density at radius 3 is 2.33 bits per heavy atom. The third-order valence-corrected chi connectivity index (χ3v) is 7.50. The fraction of sp³-hybridized carbons (Fsp3) is 0.355. The van der Waals surface area contributed by atoms with Crippen LogP contribution in [0.1, 0.15) is 29.7 Å². The summed E-state index contributed by atoms with van der Waals surface area (Å²) in [6.45, 7) is -0.192. The van der Waals surface area contributed by atoms with Gasteiger partial charge in [0.15, 0.2) is 0 Å². The zero-order chi connectivity index (χ0) is 32.3. The predicted octanol–water partition coefficient (Wildman–Crippen LogP) is -0.368. The monoisotopic (exact) mass is 619 g/mol. The van der Waals surface area contributed by atoms with Gasteiger partial charge in [0.25, 0.3) is 0 Å². The molecule has 1 aliphatic rings. The summed E-state index contributed by atoms with van der Waals surface area (Å²) in [7, 11) is 0. The number of H-pyrrole nitrogens is 1. The molecule has 1 saturated heterocycles. The number of aromatic hydroxyl groups is 1. The first kappa shape index (κ1) is 32.7. The fourth-order valence-electron chi connectivity index (χ4n) is 5.16. The molecular formula is C31H37N7O7. The number of carbonyl (C=O) groups is 5. The highest BCUT2D eigenvalue weighted by Crippen LogP contribution is 2.20. The van der Waals surface area contributed by atoms with Crippen molar-refractivity contribution in [3.05, 3.63) is 83.9 Å². The molecule has 0 bridgehead atoms. The first-order valence-electron chi connectivity index (χ1n) is 14.6. The van der Waals surface area contributed by atoms with Crippen LogP contribution in [-0.2, 0) is 43.2 Å². The lowest BCUT2D eigenvalue weighted by Gasteiger charge is -2.29. The average molecular weight is 620 g/mol. The summed E-state index contributed by atoms with van der Waals surface area (Å²) in [5.41, 5.74) is 8.02. The fourth-order valence-corrected chi connectivity index (χ4v) is 5.16. The van der Waals surface area contributed by atoms with Gasteiger partial charge in [-0.3, -0.25) is 19.2 Å². The molecule has 8 N–H and O–H groups in total.